The molecule has 0 aromatic carbocycles. The molecule has 28 heavy (non-hydrogen) atoms. The minimum absolute atomic E-state index is 0.233. The second kappa shape index (κ2) is 21.2. The molecule has 0 fully saturated rings. The van der Waals surface area contributed by atoms with Gasteiger partial charge in [0.25, 0.3) is 0 Å². The number of hydrogen-bond acceptors (Lipinski definition) is 2. The van der Waals surface area contributed by atoms with Crippen molar-refractivity contribution in [2.45, 2.75) is 78.6 Å². The fraction of sp³-hybridized carbons (Fsp3) is 0.500. The van der Waals surface area contributed by atoms with Gasteiger partial charge < -0.3 is 4.74 Å². The largest absolute Gasteiger partial charge is 0.463 e. The quantitative estimate of drug-likeness (QED) is 0.117. The maximum atomic E-state index is 11.6. The van der Waals surface area contributed by atoms with E-state index in [-0.39, 0.29) is 5.97 Å². The number of ether oxygens (including phenoxy) is 1. The molecule has 0 heterocycles. The Balaban J connectivity index is 3.88. The van der Waals surface area contributed by atoms with Crippen molar-refractivity contribution in [2.24, 2.45) is 0 Å². The lowest BCUT2D eigenvalue weighted by Crippen LogP contribution is -2.06. The van der Waals surface area contributed by atoms with Crippen LogP contribution in [0.25, 0.3) is 0 Å². The summed E-state index contributed by atoms with van der Waals surface area (Å²) in [5.41, 5.74) is 0.688. The van der Waals surface area contributed by atoms with Gasteiger partial charge in [0.1, 0.15) is 0 Å². The van der Waals surface area contributed by atoms with E-state index >= 15 is 0 Å². The number of carbonyl (C=O) groups is 1. The average Bonchev–Trinajstić information content (AvgIpc) is 2.70. The third-order valence-electron chi connectivity index (χ3n) is 4.22. The zero-order chi connectivity index (χ0) is 20.7. The molecule has 0 unspecified atom stereocenters. The summed E-state index contributed by atoms with van der Waals surface area (Å²) >= 11 is 0. The Morgan fingerprint density at radius 1 is 0.679 bits per heavy atom. The third-order valence-corrected chi connectivity index (χ3v) is 4.22. The van der Waals surface area contributed by atoms with Gasteiger partial charge in [-0.3, -0.25) is 0 Å². The number of carbonyl (C=O) groups excluding carboxylic acids is 1. The van der Waals surface area contributed by atoms with Crippen LogP contribution in [0.1, 0.15) is 78.6 Å². The van der Waals surface area contributed by atoms with Crippen molar-refractivity contribution in [3.63, 3.8) is 0 Å². The SMILES string of the molecule is CCCCCCCCCC=CC=CC=CC=CC=CC=C(CC)C(=O)OCC. The van der Waals surface area contributed by atoms with Crippen LogP contribution in [0.4, 0.5) is 0 Å². The Morgan fingerprint density at radius 3 is 1.79 bits per heavy atom. The first-order chi connectivity index (χ1) is 13.8. The van der Waals surface area contributed by atoms with E-state index in [2.05, 4.69) is 25.2 Å². The van der Waals surface area contributed by atoms with Crippen molar-refractivity contribution in [3.05, 3.63) is 72.4 Å². The van der Waals surface area contributed by atoms with Crippen molar-refractivity contribution >= 4 is 5.97 Å². The molecule has 0 bridgehead atoms. The number of rotatable bonds is 16. The van der Waals surface area contributed by atoms with Crippen LogP contribution in [0.15, 0.2) is 72.4 Å². The molecular weight excluding hydrogens is 344 g/mol. The Kier molecular flexibility index (Phi) is 19.6. The van der Waals surface area contributed by atoms with Crippen LogP contribution < -0.4 is 0 Å². The summed E-state index contributed by atoms with van der Waals surface area (Å²) in [5.74, 6) is -0.233. The van der Waals surface area contributed by atoms with E-state index in [1.54, 1.807) is 0 Å². The molecule has 0 radical (unpaired) electrons. The molecule has 0 spiro atoms. The molecule has 2 heteroatoms. The molecule has 2 nitrogen and oxygen atoms in total. The van der Waals surface area contributed by atoms with Gasteiger partial charge in [-0.05, 0) is 26.2 Å². The molecular formula is C26H40O2. The molecule has 0 aromatic rings. The highest BCUT2D eigenvalue weighted by molar-refractivity contribution is 5.88. The molecule has 0 rings (SSSR count). The predicted molar refractivity (Wildman–Crippen MR) is 123 cm³/mol. The first kappa shape index (κ1) is 25.9. The van der Waals surface area contributed by atoms with Crippen LogP contribution in [-0.2, 0) is 9.53 Å². The summed E-state index contributed by atoms with van der Waals surface area (Å²) in [7, 11) is 0. The summed E-state index contributed by atoms with van der Waals surface area (Å²) < 4.78 is 5.00. The third kappa shape index (κ3) is 17.3. The zero-order valence-electron chi connectivity index (χ0n) is 18.2. The summed E-state index contributed by atoms with van der Waals surface area (Å²) in [6.45, 7) is 6.44. The van der Waals surface area contributed by atoms with E-state index in [0.717, 1.165) is 0 Å². The zero-order valence-corrected chi connectivity index (χ0v) is 18.2. The van der Waals surface area contributed by atoms with Crippen molar-refractivity contribution in [3.8, 4) is 0 Å². The monoisotopic (exact) mass is 384 g/mol. The minimum Gasteiger partial charge on any atom is -0.463 e. The fourth-order valence-electron chi connectivity index (χ4n) is 2.57. The molecule has 0 aliphatic heterocycles. The Morgan fingerprint density at radius 2 is 1.21 bits per heavy atom. The van der Waals surface area contributed by atoms with Gasteiger partial charge in [0, 0.05) is 5.57 Å². The van der Waals surface area contributed by atoms with Crippen molar-refractivity contribution in [2.75, 3.05) is 6.61 Å². The van der Waals surface area contributed by atoms with Crippen LogP contribution in [0.3, 0.4) is 0 Å². The topological polar surface area (TPSA) is 26.3 Å². The maximum Gasteiger partial charge on any atom is 0.333 e. The molecule has 0 aliphatic carbocycles. The Hall–Kier alpha value is -2.09. The van der Waals surface area contributed by atoms with Crippen molar-refractivity contribution < 1.29 is 9.53 Å². The van der Waals surface area contributed by atoms with Gasteiger partial charge in [-0.25, -0.2) is 4.79 Å². The van der Waals surface area contributed by atoms with E-state index in [1.807, 2.05) is 62.5 Å². The fourth-order valence-corrected chi connectivity index (χ4v) is 2.57. The van der Waals surface area contributed by atoms with E-state index in [0.29, 0.717) is 18.6 Å². The average molecular weight is 385 g/mol. The smallest absolute Gasteiger partial charge is 0.333 e. The number of unbranched alkanes of at least 4 members (excludes halogenated alkanes) is 7. The Bertz CT molecular complexity index is 545. The van der Waals surface area contributed by atoms with E-state index in [9.17, 15) is 4.79 Å². The van der Waals surface area contributed by atoms with Crippen molar-refractivity contribution in [1.29, 1.82) is 0 Å². The van der Waals surface area contributed by atoms with Gasteiger partial charge in [0.2, 0.25) is 0 Å². The van der Waals surface area contributed by atoms with Crippen molar-refractivity contribution in [1.82, 2.24) is 0 Å². The highest BCUT2D eigenvalue weighted by atomic mass is 16.5. The molecule has 0 atom stereocenters. The summed E-state index contributed by atoms with van der Waals surface area (Å²) in [6.07, 6.45) is 33.3. The van der Waals surface area contributed by atoms with Crippen LogP contribution in [-0.4, -0.2) is 12.6 Å². The standard InChI is InChI=1S/C26H40O2/c1-4-7-8-9-10-11-12-13-14-15-16-17-18-19-20-21-22-23-24-25(5-2)26(27)28-6-3/h14-24H,4-13H2,1-3H3. The minimum atomic E-state index is -0.233. The van der Waals surface area contributed by atoms with Crippen LogP contribution in [0.2, 0.25) is 0 Å². The van der Waals surface area contributed by atoms with E-state index < -0.39 is 0 Å². The molecule has 0 aliphatic rings. The van der Waals surface area contributed by atoms with Gasteiger partial charge in [-0.2, -0.15) is 0 Å². The second-order valence-electron chi connectivity index (χ2n) is 6.64. The maximum absolute atomic E-state index is 11.6. The van der Waals surface area contributed by atoms with Crippen LogP contribution in [0, 0.1) is 0 Å². The van der Waals surface area contributed by atoms with Gasteiger partial charge >= 0.3 is 5.97 Å². The number of hydrogen-bond donors (Lipinski definition) is 0. The molecule has 0 saturated heterocycles. The van der Waals surface area contributed by atoms with Crippen LogP contribution >= 0.6 is 0 Å². The summed E-state index contributed by atoms with van der Waals surface area (Å²) in [6, 6.07) is 0. The first-order valence-electron chi connectivity index (χ1n) is 11.0. The number of allylic oxidation sites excluding steroid dienone is 11. The molecule has 0 N–H and O–H groups in total. The molecule has 0 saturated carbocycles. The van der Waals surface area contributed by atoms with Gasteiger partial charge in [-0.1, -0.05) is 119 Å². The second-order valence-corrected chi connectivity index (χ2v) is 6.64. The van der Waals surface area contributed by atoms with E-state index in [4.69, 9.17) is 4.74 Å². The summed E-state index contributed by atoms with van der Waals surface area (Å²) in [5, 5.41) is 0. The Labute approximate surface area is 173 Å². The highest BCUT2D eigenvalue weighted by Gasteiger charge is 2.05. The van der Waals surface area contributed by atoms with Crippen LogP contribution in [0.5, 0.6) is 0 Å². The number of esters is 1. The highest BCUT2D eigenvalue weighted by Crippen LogP contribution is 2.08. The lowest BCUT2D eigenvalue weighted by molar-refractivity contribution is -0.138. The summed E-state index contributed by atoms with van der Waals surface area (Å²) in [4.78, 5) is 11.6. The molecule has 0 amide bonds. The lowest BCUT2D eigenvalue weighted by atomic mass is 10.1. The first-order valence-corrected chi connectivity index (χ1v) is 11.0. The molecule has 156 valence electrons. The van der Waals surface area contributed by atoms with Gasteiger partial charge in [0.05, 0.1) is 6.61 Å². The van der Waals surface area contributed by atoms with E-state index in [1.165, 1.54) is 51.4 Å². The van der Waals surface area contributed by atoms with Gasteiger partial charge in [-0.15, -0.1) is 0 Å². The van der Waals surface area contributed by atoms with Gasteiger partial charge in [0.15, 0.2) is 0 Å². The lowest BCUT2D eigenvalue weighted by Gasteiger charge is -2.02. The molecule has 0 aromatic heterocycles. The predicted octanol–water partition coefficient (Wildman–Crippen LogP) is 7.81. The normalized spacial score (nSPS) is 13.2.